The van der Waals surface area contributed by atoms with Crippen molar-refractivity contribution in [2.75, 3.05) is 31.1 Å². The lowest BCUT2D eigenvalue weighted by atomic mass is 9.90. The summed E-state index contributed by atoms with van der Waals surface area (Å²) in [7, 11) is -4.64. The van der Waals surface area contributed by atoms with E-state index >= 15 is 0 Å². The molecule has 2 aliphatic heterocycles. The minimum absolute atomic E-state index is 0.0553. The number of aromatic nitrogens is 1. The molecule has 1 aromatic carbocycles. The molecule has 3 N–H and O–H groups in total. The number of nitrogens with two attached hydrogens (primary N) is 1. The zero-order chi connectivity index (χ0) is 30.3. The molecule has 226 valence electrons. The monoisotopic (exact) mass is 597 g/mol. The zero-order valence-corrected chi connectivity index (χ0v) is 24.8. The number of amides is 1. The molecule has 2 unspecified atom stereocenters. The van der Waals surface area contributed by atoms with E-state index in [0.29, 0.717) is 34.5 Å². The number of nitrogens with one attached hydrogen (secondary N) is 1. The quantitative estimate of drug-likeness (QED) is 0.469. The van der Waals surface area contributed by atoms with Crippen molar-refractivity contribution in [3.8, 4) is 17.0 Å². The molecular formula is C28H38F3N5O4S. The summed E-state index contributed by atoms with van der Waals surface area (Å²) < 4.78 is 76.9. The molecule has 2 aliphatic rings. The van der Waals surface area contributed by atoms with Crippen LogP contribution in [0.2, 0.25) is 0 Å². The highest BCUT2D eigenvalue weighted by molar-refractivity contribution is 7.87. The molecular weight excluding hydrogens is 559 g/mol. The van der Waals surface area contributed by atoms with E-state index in [9.17, 15) is 26.4 Å². The van der Waals surface area contributed by atoms with E-state index in [2.05, 4.69) is 6.92 Å². The molecule has 2 aromatic rings. The van der Waals surface area contributed by atoms with Gasteiger partial charge in [0.05, 0.1) is 24.4 Å². The van der Waals surface area contributed by atoms with Gasteiger partial charge >= 0.3 is 10.2 Å². The molecule has 13 heteroatoms. The van der Waals surface area contributed by atoms with Crippen molar-refractivity contribution >= 4 is 21.9 Å². The highest BCUT2D eigenvalue weighted by Gasteiger charge is 2.45. The van der Waals surface area contributed by atoms with Crippen molar-refractivity contribution < 1.29 is 31.1 Å². The highest BCUT2D eigenvalue weighted by Crippen LogP contribution is 2.40. The van der Waals surface area contributed by atoms with E-state index in [0.717, 1.165) is 6.42 Å². The Bertz CT molecular complexity index is 1400. The molecule has 0 saturated carbocycles. The number of ether oxygens (including phenoxy) is 1. The van der Waals surface area contributed by atoms with Crippen molar-refractivity contribution in [3.05, 3.63) is 41.7 Å². The van der Waals surface area contributed by atoms with Crippen LogP contribution >= 0.6 is 0 Å². The minimum Gasteiger partial charge on any atom is -0.493 e. The first-order chi connectivity index (χ1) is 19.0. The van der Waals surface area contributed by atoms with Gasteiger partial charge in [0, 0.05) is 42.7 Å². The number of carbonyl (C=O) groups is 1. The van der Waals surface area contributed by atoms with E-state index in [4.69, 9.17) is 15.5 Å². The molecule has 0 radical (unpaired) electrons. The van der Waals surface area contributed by atoms with Crippen LogP contribution < -0.4 is 20.1 Å². The Kier molecular flexibility index (Phi) is 8.64. The van der Waals surface area contributed by atoms with Crippen LogP contribution in [0.5, 0.6) is 5.75 Å². The number of pyridine rings is 1. The Hall–Kier alpha value is -2.90. The Morgan fingerprint density at radius 2 is 1.95 bits per heavy atom. The van der Waals surface area contributed by atoms with Crippen LogP contribution in [0.3, 0.4) is 0 Å². The van der Waals surface area contributed by atoms with E-state index in [-0.39, 0.29) is 29.8 Å². The summed E-state index contributed by atoms with van der Waals surface area (Å²) in [6.07, 6.45) is 0.154. The van der Waals surface area contributed by atoms with E-state index in [1.807, 2.05) is 37.3 Å². The van der Waals surface area contributed by atoms with Gasteiger partial charge in [-0.2, -0.15) is 12.7 Å². The smallest absolute Gasteiger partial charge is 0.304 e. The summed E-state index contributed by atoms with van der Waals surface area (Å²) in [5.74, 6) is -3.87. The first kappa shape index (κ1) is 31.0. The second-order valence-corrected chi connectivity index (χ2v) is 13.7. The summed E-state index contributed by atoms with van der Waals surface area (Å²) in [5, 5.41) is 0. The molecule has 2 fully saturated rings. The summed E-state index contributed by atoms with van der Waals surface area (Å²) in [4.78, 5) is 20.1. The van der Waals surface area contributed by atoms with Crippen LogP contribution in [0.25, 0.3) is 11.3 Å². The third kappa shape index (κ3) is 6.95. The van der Waals surface area contributed by atoms with Crippen LogP contribution in [-0.2, 0) is 10.2 Å². The van der Waals surface area contributed by atoms with Gasteiger partial charge < -0.3 is 15.4 Å². The maximum Gasteiger partial charge on any atom is 0.304 e. The first-order valence-electron chi connectivity index (χ1n) is 13.7. The molecule has 1 amide bonds. The molecule has 0 aliphatic carbocycles. The van der Waals surface area contributed by atoms with Gasteiger partial charge in [-0.25, -0.2) is 22.9 Å². The number of benzene rings is 1. The van der Waals surface area contributed by atoms with Crippen molar-refractivity contribution in [1.29, 1.82) is 0 Å². The van der Waals surface area contributed by atoms with Gasteiger partial charge in [0.1, 0.15) is 17.4 Å². The normalized spacial score (nSPS) is 22.6. The molecule has 2 saturated heterocycles. The van der Waals surface area contributed by atoms with E-state index < -0.39 is 52.4 Å². The van der Waals surface area contributed by atoms with Crippen LogP contribution in [0.4, 0.5) is 19.0 Å². The van der Waals surface area contributed by atoms with Gasteiger partial charge in [-0.15, -0.1) is 0 Å². The third-order valence-electron chi connectivity index (χ3n) is 7.78. The maximum atomic E-state index is 14.5. The molecule has 0 spiro atoms. The fourth-order valence-corrected chi connectivity index (χ4v) is 6.39. The fraction of sp³-hybridized carbons (Fsp3) is 0.571. The predicted molar refractivity (Wildman–Crippen MR) is 151 cm³/mol. The summed E-state index contributed by atoms with van der Waals surface area (Å²) in [6.45, 7) is 9.51. The van der Waals surface area contributed by atoms with Crippen molar-refractivity contribution in [2.24, 2.45) is 17.6 Å². The van der Waals surface area contributed by atoms with Gasteiger partial charge in [-0.3, -0.25) is 4.79 Å². The number of hydrogen-bond donors (Lipinski definition) is 2. The molecule has 41 heavy (non-hydrogen) atoms. The Morgan fingerprint density at radius 3 is 2.56 bits per heavy atom. The number of anilines is 1. The standard InChI is InChI=1S/C28H38F3N5O4S/c1-17(2)15-40-22-11-19(10-20(29)12-22)24-7-6-23(25(33-24)36-9-8-18(3)27(36,4)5)26(37)34-41(38,39)35-14-21(32)13-28(30,31)16-35/h6-7,10-12,17-18,21H,8-9,13-16,32H2,1-5H3,(H,34,37). The van der Waals surface area contributed by atoms with E-state index in [1.54, 1.807) is 6.07 Å². The first-order valence-corrected chi connectivity index (χ1v) is 15.1. The Morgan fingerprint density at radius 1 is 1.24 bits per heavy atom. The van der Waals surface area contributed by atoms with Crippen LogP contribution in [0, 0.1) is 17.7 Å². The topological polar surface area (TPSA) is 118 Å². The molecule has 0 bridgehead atoms. The zero-order valence-electron chi connectivity index (χ0n) is 24.0. The van der Waals surface area contributed by atoms with Crippen LogP contribution in [0.1, 0.15) is 57.8 Å². The van der Waals surface area contributed by atoms with Gasteiger partial charge in [0.15, 0.2) is 0 Å². The predicted octanol–water partition coefficient (Wildman–Crippen LogP) is 4.19. The number of alkyl halides is 2. The number of hydrogen-bond acceptors (Lipinski definition) is 7. The lowest BCUT2D eigenvalue weighted by Gasteiger charge is -2.37. The Balaban J connectivity index is 1.72. The second-order valence-electron chi connectivity index (χ2n) is 12.0. The SMILES string of the molecule is CC(C)COc1cc(F)cc(-c2ccc(C(=O)NS(=O)(=O)N3CC(N)CC(F)(F)C3)c(N3CCC(C)C3(C)C)n2)c1. The average Bonchev–Trinajstić information content (AvgIpc) is 3.12. The highest BCUT2D eigenvalue weighted by atomic mass is 32.2. The number of piperidine rings is 1. The number of nitrogens with zero attached hydrogens (tertiary/aromatic N) is 3. The van der Waals surface area contributed by atoms with Crippen LogP contribution in [0.15, 0.2) is 30.3 Å². The van der Waals surface area contributed by atoms with Gasteiger partial charge in [-0.05, 0) is 56.4 Å². The van der Waals surface area contributed by atoms with Crippen LogP contribution in [-0.4, -0.2) is 67.4 Å². The van der Waals surface area contributed by atoms with Crippen molar-refractivity contribution in [1.82, 2.24) is 14.0 Å². The van der Waals surface area contributed by atoms with E-state index in [1.165, 1.54) is 24.3 Å². The van der Waals surface area contributed by atoms with Gasteiger partial charge in [0.2, 0.25) is 0 Å². The molecule has 3 heterocycles. The number of carbonyl (C=O) groups excluding carboxylic acids is 1. The molecule has 4 rings (SSSR count). The molecule has 9 nitrogen and oxygen atoms in total. The van der Waals surface area contributed by atoms with Gasteiger partial charge in [-0.1, -0.05) is 20.8 Å². The largest absolute Gasteiger partial charge is 0.493 e. The average molecular weight is 598 g/mol. The lowest BCUT2D eigenvalue weighted by Crippen LogP contribution is -2.57. The maximum absolute atomic E-state index is 14.5. The van der Waals surface area contributed by atoms with Crippen molar-refractivity contribution in [2.45, 2.75) is 65.0 Å². The Labute approximate surface area is 239 Å². The minimum atomic E-state index is -4.64. The second kappa shape index (κ2) is 11.4. The fourth-order valence-electron chi connectivity index (χ4n) is 5.17. The summed E-state index contributed by atoms with van der Waals surface area (Å²) in [6, 6.07) is 6.06. The molecule has 1 aromatic heterocycles. The van der Waals surface area contributed by atoms with Gasteiger partial charge in [0.25, 0.3) is 11.8 Å². The number of rotatable bonds is 8. The van der Waals surface area contributed by atoms with Crippen molar-refractivity contribution in [3.63, 3.8) is 0 Å². The summed E-state index contributed by atoms with van der Waals surface area (Å²) in [5.41, 5.74) is 5.93. The lowest BCUT2D eigenvalue weighted by molar-refractivity contribution is -0.0499. The molecule has 2 atom stereocenters. The third-order valence-corrected chi connectivity index (χ3v) is 9.18. The number of halogens is 3. The summed E-state index contributed by atoms with van der Waals surface area (Å²) >= 11 is 0.